The molecule has 0 spiro atoms. The zero-order valence-electron chi connectivity index (χ0n) is 13.9. The van der Waals surface area contributed by atoms with Crippen LogP contribution in [0.4, 0.5) is 5.69 Å². The van der Waals surface area contributed by atoms with Crippen LogP contribution in [0, 0.1) is 0 Å². The van der Waals surface area contributed by atoms with Crippen LogP contribution in [0.25, 0.3) is 16.7 Å². The molecule has 3 heterocycles. The van der Waals surface area contributed by atoms with E-state index in [4.69, 9.17) is 9.47 Å². The number of aromatic nitrogens is 3. The quantitative estimate of drug-likeness (QED) is 0.681. The topological polar surface area (TPSA) is 69.5 Å². The zero-order valence-corrected chi connectivity index (χ0v) is 13.9. The number of esters is 1. The number of morpholine rings is 1. The molecule has 3 aromatic rings. The van der Waals surface area contributed by atoms with Crippen molar-refractivity contribution in [2.75, 3.05) is 38.3 Å². The molecule has 0 amide bonds. The lowest BCUT2D eigenvalue weighted by Crippen LogP contribution is -2.37. The molecule has 1 fully saturated rings. The fourth-order valence-corrected chi connectivity index (χ4v) is 3.11. The molecule has 0 bridgehead atoms. The number of ether oxygens (including phenoxy) is 2. The molecule has 1 saturated heterocycles. The molecule has 1 aromatic carbocycles. The lowest BCUT2D eigenvalue weighted by molar-refractivity contribution is 0.0600. The van der Waals surface area contributed by atoms with E-state index >= 15 is 0 Å². The number of carbonyl (C=O) groups is 1. The van der Waals surface area contributed by atoms with Crippen molar-refractivity contribution in [2.45, 2.75) is 0 Å². The summed E-state index contributed by atoms with van der Waals surface area (Å²) in [4.78, 5) is 18.9. The van der Waals surface area contributed by atoms with Gasteiger partial charge in [-0.1, -0.05) is 18.2 Å². The summed E-state index contributed by atoms with van der Waals surface area (Å²) in [5.41, 5.74) is 2.89. The normalized spacial score (nSPS) is 14.7. The SMILES string of the molecule is COC(=O)c1cnc2c(cnn2-c2ccccc2)c1N1CCOCC1. The minimum atomic E-state index is -0.400. The van der Waals surface area contributed by atoms with E-state index in [1.807, 2.05) is 30.3 Å². The number of para-hydroxylation sites is 1. The van der Waals surface area contributed by atoms with Crippen molar-refractivity contribution in [3.63, 3.8) is 0 Å². The molecule has 7 heteroatoms. The third-order valence-electron chi connectivity index (χ3n) is 4.30. The number of fused-ring (bicyclic) bond motifs is 1. The fraction of sp³-hybridized carbons (Fsp3) is 0.278. The predicted octanol–water partition coefficient (Wildman–Crippen LogP) is 2.04. The maximum atomic E-state index is 12.3. The smallest absolute Gasteiger partial charge is 0.341 e. The highest BCUT2D eigenvalue weighted by Crippen LogP contribution is 2.31. The molecule has 0 atom stereocenters. The van der Waals surface area contributed by atoms with Crippen LogP contribution < -0.4 is 4.90 Å². The van der Waals surface area contributed by atoms with Crippen molar-refractivity contribution in [1.82, 2.24) is 14.8 Å². The molecule has 0 aliphatic carbocycles. The standard InChI is InChI=1S/C18H18N4O3/c1-24-18(23)15-11-19-17-14(16(15)21-7-9-25-10-8-21)12-20-22(17)13-5-3-2-4-6-13/h2-6,11-12H,7-10H2,1H3. The Balaban J connectivity index is 1.91. The Morgan fingerprint density at radius 1 is 1.16 bits per heavy atom. The first-order chi connectivity index (χ1) is 12.3. The predicted molar refractivity (Wildman–Crippen MR) is 93.2 cm³/mol. The van der Waals surface area contributed by atoms with Gasteiger partial charge >= 0.3 is 5.97 Å². The number of rotatable bonds is 3. The van der Waals surface area contributed by atoms with Gasteiger partial charge in [0.15, 0.2) is 5.65 Å². The summed E-state index contributed by atoms with van der Waals surface area (Å²) in [6.07, 6.45) is 3.33. The van der Waals surface area contributed by atoms with Gasteiger partial charge in [-0.2, -0.15) is 5.10 Å². The average Bonchev–Trinajstić information content (AvgIpc) is 3.12. The highest BCUT2D eigenvalue weighted by atomic mass is 16.5. The molecular formula is C18H18N4O3. The number of methoxy groups -OCH3 is 1. The number of hydrogen-bond acceptors (Lipinski definition) is 6. The Bertz CT molecular complexity index is 901. The largest absolute Gasteiger partial charge is 0.465 e. The Kier molecular flexibility index (Phi) is 4.07. The van der Waals surface area contributed by atoms with Crippen molar-refractivity contribution < 1.29 is 14.3 Å². The van der Waals surface area contributed by atoms with Crippen LogP contribution in [-0.2, 0) is 9.47 Å². The molecule has 2 aromatic heterocycles. The molecule has 0 unspecified atom stereocenters. The fourth-order valence-electron chi connectivity index (χ4n) is 3.11. The van der Waals surface area contributed by atoms with E-state index in [1.165, 1.54) is 7.11 Å². The van der Waals surface area contributed by atoms with Gasteiger partial charge in [0.25, 0.3) is 0 Å². The van der Waals surface area contributed by atoms with Crippen molar-refractivity contribution in [3.05, 3.63) is 48.3 Å². The number of nitrogens with zero attached hydrogens (tertiary/aromatic N) is 4. The number of pyridine rings is 1. The molecule has 4 rings (SSSR count). The second kappa shape index (κ2) is 6.52. The van der Waals surface area contributed by atoms with E-state index in [-0.39, 0.29) is 0 Å². The number of benzene rings is 1. The second-order valence-corrected chi connectivity index (χ2v) is 5.74. The monoisotopic (exact) mass is 338 g/mol. The first-order valence-electron chi connectivity index (χ1n) is 8.13. The van der Waals surface area contributed by atoms with E-state index < -0.39 is 5.97 Å². The molecular weight excluding hydrogens is 320 g/mol. The third-order valence-corrected chi connectivity index (χ3v) is 4.30. The molecule has 1 aliphatic heterocycles. The number of carbonyl (C=O) groups excluding carboxylic acids is 1. The van der Waals surface area contributed by atoms with Crippen LogP contribution in [-0.4, -0.2) is 54.1 Å². The summed E-state index contributed by atoms with van der Waals surface area (Å²) >= 11 is 0. The molecule has 7 nitrogen and oxygen atoms in total. The Morgan fingerprint density at radius 2 is 1.92 bits per heavy atom. The molecule has 0 radical (unpaired) electrons. The number of hydrogen-bond donors (Lipinski definition) is 0. The minimum absolute atomic E-state index is 0.400. The molecule has 0 saturated carbocycles. The molecule has 25 heavy (non-hydrogen) atoms. The maximum Gasteiger partial charge on any atom is 0.341 e. The van der Waals surface area contributed by atoms with Gasteiger partial charge in [0.1, 0.15) is 5.56 Å². The lowest BCUT2D eigenvalue weighted by atomic mass is 10.1. The van der Waals surface area contributed by atoms with Crippen molar-refractivity contribution in [1.29, 1.82) is 0 Å². The van der Waals surface area contributed by atoms with Gasteiger partial charge < -0.3 is 14.4 Å². The summed E-state index contributed by atoms with van der Waals surface area (Å²) in [5, 5.41) is 5.32. The minimum Gasteiger partial charge on any atom is -0.465 e. The highest BCUT2D eigenvalue weighted by molar-refractivity contribution is 6.04. The second-order valence-electron chi connectivity index (χ2n) is 5.74. The average molecular weight is 338 g/mol. The third kappa shape index (κ3) is 2.72. The van der Waals surface area contributed by atoms with Gasteiger partial charge in [-0.25, -0.2) is 14.5 Å². The Hall–Kier alpha value is -2.93. The molecule has 1 aliphatic rings. The van der Waals surface area contributed by atoms with Crippen molar-refractivity contribution in [3.8, 4) is 5.69 Å². The van der Waals surface area contributed by atoms with Gasteiger partial charge in [-0.15, -0.1) is 0 Å². The summed E-state index contributed by atoms with van der Waals surface area (Å²) in [6, 6.07) is 9.80. The van der Waals surface area contributed by atoms with E-state index in [2.05, 4.69) is 15.0 Å². The summed E-state index contributed by atoms with van der Waals surface area (Å²) in [6.45, 7) is 2.66. The van der Waals surface area contributed by atoms with E-state index in [1.54, 1.807) is 17.1 Å². The van der Waals surface area contributed by atoms with E-state index in [9.17, 15) is 4.79 Å². The van der Waals surface area contributed by atoms with Gasteiger partial charge in [-0.3, -0.25) is 0 Å². The van der Waals surface area contributed by atoms with Crippen molar-refractivity contribution >= 4 is 22.7 Å². The first kappa shape index (κ1) is 15.6. The lowest BCUT2D eigenvalue weighted by Gasteiger charge is -2.30. The van der Waals surface area contributed by atoms with Gasteiger partial charge in [0.05, 0.1) is 43.3 Å². The first-order valence-corrected chi connectivity index (χ1v) is 8.13. The molecule has 128 valence electrons. The van der Waals surface area contributed by atoms with Crippen LogP contribution in [0.1, 0.15) is 10.4 Å². The highest BCUT2D eigenvalue weighted by Gasteiger charge is 2.24. The summed E-state index contributed by atoms with van der Waals surface area (Å²) in [7, 11) is 1.38. The van der Waals surface area contributed by atoms with Crippen LogP contribution in [0.3, 0.4) is 0 Å². The number of anilines is 1. The van der Waals surface area contributed by atoms with E-state index in [0.717, 1.165) is 16.8 Å². The summed E-state index contributed by atoms with van der Waals surface area (Å²) in [5.74, 6) is -0.400. The van der Waals surface area contributed by atoms with Crippen LogP contribution in [0.2, 0.25) is 0 Å². The Morgan fingerprint density at radius 3 is 2.64 bits per heavy atom. The summed E-state index contributed by atoms with van der Waals surface area (Å²) < 4.78 is 12.2. The van der Waals surface area contributed by atoms with Gasteiger partial charge in [0, 0.05) is 19.3 Å². The van der Waals surface area contributed by atoms with Crippen molar-refractivity contribution in [2.24, 2.45) is 0 Å². The zero-order chi connectivity index (χ0) is 17.2. The van der Waals surface area contributed by atoms with E-state index in [0.29, 0.717) is 37.5 Å². The van der Waals surface area contributed by atoms with Crippen LogP contribution in [0.15, 0.2) is 42.7 Å². The van der Waals surface area contributed by atoms with Crippen LogP contribution >= 0.6 is 0 Å². The maximum absolute atomic E-state index is 12.3. The van der Waals surface area contributed by atoms with Crippen LogP contribution in [0.5, 0.6) is 0 Å². The Labute approximate surface area is 144 Å². The van der Waals surface area contributed by atoms with Gasteiger partial charge in [0.2, 0.25) is 0 Å². The molecule has 0 N–H and O–H groups in total. The van der Waals surface area contributed by atoms with Gasteiger partial charge in [-0.05, 0) is 12.1 Å².